The maximum atomic E-state index is 8.76. The Labute approximate surface area is 112 Å². The smallest absolute Gasteiger partial charge is 0.203 e. The summed E-state index contributed by atoms with van der Waals surface area (Å²) in [6.07, 6.45) is 2.24. The predicted molar refractivity (Wildman–Crippen MR) is 74.4 cm³/mol. The summed E-state index contributed by atoms with van der Waals surface area (Å²) in [5.41, 5.74) is 2.09. The number of nitrogens with one attached hydrogen (secondary N) is 1. The van der Waals surface area contributed by atoms with Crippen molar-refractivity contribution in [3.63, 3.8) is 0 Å². The highest BCUT2D eigenvalue weighted by Gasteiger charge is 2.21. The van der Waals surface area contributed by atoms with Crippen LogP contribution in [0.25, 0.3) is 11.0 Å². The van der Waals surface area contributed by atoms with Crippen LogP contribution < -0.4 is 4.90 Å². The third kappa shape index (κ3) is 2.72. The average Bonchev–Trinajstić information content (AvgIpc) is 2.89. The monoisotopic (exact) mass is 261 g/mol. The SMILES string of the molecule is OCCOC1CCN(c2nc3ccccc3[nH]2)CC1. The molecule has 0 atom stereocenters. The van der Waals surface area contributed by atoms with Gasteiger partial charge in [-0.25, -0.2) is 4.98 Å². The summed E-state index contributed by atoms with van der Waals surface area (Å²) in [4.78, 5) is 10.2. The molecule has 19 heavy (non-hydrogen) atoms. The van der Waals surface area contributed by atoms with E-state index in [-0.39, 0.29) is 12.7 Å². The molecule has 0 spiro atoms. The summed E-state index contributed by atoms with van der Waals surface area (Å²) in [6.45, 7) is 2.42. The Morgan fingerprint density at radius 2 is 2.11 bits per heavy atom. The summed E-state index contributed by atoms with van der Waals surface area (Å²) in [5, 5.41) is 8.76. The van der Waals surface area contributed by atoms with E-state index in [1.54, 1.807) is 0 Å². The number of anilines is 1. The van der Waals surface area contributed by atoms with Gasteiger partial charge in [0.2, 0.25) is 5.95 Å². The van der Waals surface area contributed by atoms with Crippen LogP contribution in [0, 0.1) is 0 Å². The minimum atomic E-state index is 0.101. The summed E-state index contributed by atoms with van der Waals surface area (Å²) in [7, 11) is 0. The zero-order valence-electron chi connectivity index (χ0n) is 10.9. The van der Waals surface area contributed by atoms with Crippen LogP contribution in [0.2, 0.25) is 0 Å². The first kappa shape index (κ1) is 12.4. The quantitative estimate of drug-likeness (QED) is 0.876. The second kappa shape index (κ2) is 5.59. The summed E-state index contributed by atoms with van der Waals surface area (Å²) in [6, 6.07) is 8.08. The highest BCUT2D eigenvalue weighted by molar-refractivity contribution is 5.77. The molecule has 1 aliphatic heterocycles. The number of imidazole rings is 1. The van der Waals surface area contributed by atoms with Gasteiger partial charge in [-0.3, -0.25) is 0 Å². The van der Waals surface area contributed by atoms with Crippen molar-refractivity contribution < 1.29 is 9.84 Å². The lowest BCUT2D eigenvalue weighted by Gasteiger charge is -2.31. The molecule has 0 unspecified atom stereocenters. The number of ether oxygens (including phenoxy) is 1. The molecule has 2 heterocycles. The van der Waals surface area contributed by atoms with Gasteiger partial charge >= 0.3 is 0 Å². The topological polar surface area (TPSA) is 61.4 Å². The van der Waals surface area contributed by atoms with E-state index in [2.05, 4.69) is 14.9 Å². The van der Waals surface area contributed by atoms with Crippen LogP contribution in [-0.2, 0) is 4.74 Å². The van der Waals surface area contributed by atoms with Crippen molar-refractivity contribution in [1.29, 1.82) is 0 Å². The summed E-state index contributed by atoms with van der Waals surface area (Å²) >= 11 is 0. The van der Waals surface area contributed by atoms with Gasteiger partial charge in [0, 0.05) is 13.1 Å². The fraction of sp³-hybridized carbons (Fsp3) is 0.500. The first-order valence-electron chi connectivity index (χ1n) is 6.79. The third-order valence-electron chi connectivity index (χ3n) is 3.56. The molecule has 1 fully saturated rings. The molecule has 2 N–H and O–H groups in total. The maximum absolute atomic E-state index is 8.76. The lowest BCUT2D eigenvalue weighted by atomic mass is 10.1. The number of nitrogens with zero attached hydrogens (tertiary/aromatic N) is 2. The Kier molecular flexibility index (Phi) is 3.66. The second-order valence-electron chi connectivity index (χ2n) is 4.86. The summed E-state index contributed by atoms with van der Waals surface area (Å²) in [5.74, 6) is 0.946. The van der Waals surface area contributed by atoms with Gasteiger partial charge in [0.15, 0.2) is 0 Å². The lowest BCUT2D eigenvalue weighted by Crippen LogP contribution is -2.37. The van der Waals surface area contributed by atoms with Crippen LogP contribution in [0.3, 0.4) is 0 Å². The molecule has 5 nitrogen and oxygen atoms in total. The Hall–Kier alpha value is -1.59. The van der Waals surface area contributed by atoms with Crippen molar-refractivity contribution >= 4 is 17.0 Å². The molecular formula is C14H19N3O2. The molecule has 2 aromatic rings. The van der Waals surface area contributed by atoms with Crippen molar-refractivity contribution in [2.24, 2.45) is 0 Å². The molecule has 0 aliphatic carbocycles. The van der Waals surface area contributed by atoms with Crippen LogP contribution in [-0.4, -0.2) is 47.5 Å². The molecule has 1 aromatic heterocycles. The first-order chi connectivity index (χ1) is 9.36. The number of aromatic nitrogens is 2. The Bertz CT molecular complexity index is 499. The van der Waals surface area contributed by atoms with E-state index in [0.717, 1.165) is 42.9 Å². The fourth-order valence-electron chi connectivity index (χ4n) is 2.54. The van der Waals surface area contributed by atoms with E-state index >= 15 is 0 Å². The number of fused-ring (bicyclic) bond motifs is 1. The van der Waals surface area contributed by atoms with Gasteiger partial charge in [0.05, 0.1) is 30.4 Å². The van der Waals surface area contributed by atoms with Gasteiger partial charge in [-0.2, -0.15) is 0 Å². The first-order valence-corrected chi connectivity index (χ1v) is 6.79. The van der Waals surface area contributed by atoms with Crippen LogP contribution in [0.5, 0.6) is 0 Å². The van der Waals surface area contributed by atoms with Crippen LogP contribution in [0.15, 0.2) is 24.3 Å². The molecule has 1 aromatic carbocycles. The number of para-hydroxylation sites is 2. The number of benzene rings is 1. The van der Waals surface area contributed by atoms with Crippen molar-refractivity contribution in [3.8, 4) is 0 Å². The predicted octanol–water partition coefficient (Wildman–Crippen LogP) is 1.54. The Morgan fingerprint density at radius 1 is 1.32 bits per heavy atom. The summed E-state index contributed by atoms with van der Waals surface area (Å²) < 4.78 is 5.57. The van der Waals surface area contributed by atoms with Gasteiger partial charge in [0.1, 0.15) is 0 Å². The highest BCUT2D eigenvalue weighted by atomic mass is 16.5. The number of aliphatic hydroxyl groups excluding tert-OH is 1. The van der Waals surface area contributed by atoms with E-state index in [4.69, 9.17) is 9.84 Å². The third-order valence-corrected chi connectivity index (χ3v) is 3.56. The van der Waals surface area contributed by atoms with Gasteiger partial charge < -0.3 is 19.7 Å². The number of aliphatic hydroxyl groups is 1. The van der Waals surface area contributed by atoms with Crippen molar-refractivity contribution in [2.45, 2.75) is 18.9 Å². The molecule has 0 radical (unpaired) electrons. The van der Waals surface area contributed by atoms with E-state index in [1.807, 2.05) is 24.3 Å². The number of hydrogen-bond donors (Lipinski definition) is 2. The molecule has 0 saturated carbocycles. The van der Waals surface area contributed by atoms with E-state index in [0.29, 0.717) is 6.61 Å². The number of aromatic amines is 1. The van der Waals surface area contributed by atoms with Crippen LogP contribution in [0.4, 0.5) is 5.95 Å². The number of rotatable bonds is 4. The highest BCUT2D eigenvalue weighted by Crippen LogP contribution is 2.21. The number of piperidine rings is 1. The Balaban J connectivity index is 1.64. The molecule has 1 aliphatic rings. The largest absolute Gasteiger partial charge is 0.394 e. The maximum Gasteiger partial charge on any atom is 0.203 e. The molecule has 5 heteroatoms. The van der Waals surface area contributed by atoms with Gasteiger partial charge in [0.25, 0.3) is 0 Å². The Morgan fingerprint density at radius 3 is 2.84 bits per heavy atom. The van der Waals surface area contributed by atoms with E-state index in [1.165, 1.54) is 0 Å². The lowest BCUT2D eigenvalue weighted by molar-refractivity contribution is 0.0158. The normalized spacial score (nSPS) is 17.2. The van der Waals surface area contributed by atoms with Gasteiger partial charge in [-0.05, 0) is 25.0 Å². The molecule has 102 valence electrons. The molecule has 1 saturated heterocycles. The second-order valence-corrected chi connectivity index (χ2v) is 4.86. The van der Waals surface area contributed by atoms with Crippen molar-refractivity contribution in [2.75, 3.05) is 31.2 Å². The van der Waals surface area contributed by atoms with E-state index < -0.39 is 0 Å². The van der Waals surface area contributed by atoms with E-state index in [9.17, 15) is 0 Å². The number of H-pyrrole nitrogens is 1. The number of hydrogen-bond acceptors (Lipinski definition) is 4. The zero-order valence-corrected chi connectivity index (χ0v) is 10.9. The molecule has 0 amide bonds. The molecule has 0 bridgehead atoms. The van der Waals surface area contributed by atoms with Crippen molar-refractivity contribution in [3.05, 3.63) is 24.3 Å². The van der Waals surface area contributed by atoms with Crippen molar-refractivity contribution in [1.82, 2.24) is 9.97 Å². The van der Waals surface area contributed by atoms with Crippen LogP contribution >= 0.6 is 0 Å². The molecular weight excluding hydrogens is 242 g/mol. The standard InChI is InChI=1S/C14H19N3O2/c18-9-10-19-11-5-7-17(8-6-11)14-15-12-3-1-2-4-13(12)16-14/h1-4,11,18H,5-10H2,(H,15,16). The average molecular weight is 261 g/mol. The van der Waals surface area contributed by atoms with Gasteiger partial charge in [-0.15, -0.1) is 0 Å². The van der Waals surface area contributed by atoms with Crippen LogP contribution in [0.1, 0.15) is 12.8 Å². The minimum absolute atomic E-state index is 0.101. The molecule has 3 rings (SSSR count). The van der Waals surface area contributed by atoms with Gasteiger partial charge in [-0.1, -0.05) is 12.1 Å². The fourth-order valence-corrected chi connectivity index (χ4v) is 2.54. The minimum Gasteiger partial charge on any atom is -0.394 e. The zero-order chi connectivity index (χ0) is 13.1.